The summed E-state index contributed by atoms with van der Waals surface area (Å²) < 4.78 is 5.17. The summed E-state index contributed by atoms with van der Waals surface area (Å²) in [6.45, 7) is 5.52. The Morgan fingerprint density at radius 3 is 2.15 bits per heavy atom. The van der Waals surface area contributed by atoms with Crippen LogP contribution in [0.15, 0.2) is 42.5 Å². The highest BCUT2D eigenvalue weighted by atomic mass is 16.5. The number of carbonyl (C=O) groups is 2. The normalized spacial score (nSPS) is 10.7. The molecule has 0 unspecified atom stereocenters. The van der Waals surface area contributed by atoms with Gasteiger partial charge in [-0.25, -0.2) is 14.8 Å². The molecule has 0 aliphatic heterocycles. The smallest absolute Gasteiger partial charge is 0.338 e. The SMILES string of the molecule is CCc1ccc(C(=O)COC(=O)c2ccc3nc(C)c(C)nc3c2)cc1. The van der Waals surface area contributed by atoms with E-state index in [0.29, 0.717) is 16.6 Å². The average Bonchev–Trinajstić information content (AvgIpc) is 2.66. The van der Waals surface area contributed by atoms with Gasteiger partial charge in [0.05, 0.1) is 28.0 Å². The van der Waals surface area contributed by atoms with E-state index in [-0.39, 0.29) is 12.4 Å². The van der Waals surface area contributed by atoms with Crippen LogP contribution in [0, 0.1) is 13.8 Å². The van der Waals surface area contributed by atoms with Gasteiger partial charge in [0.2, 0.25) is 0 Å². The van der Waals surface area contributed by atoms with Crippen molar-refractivity contribution < 1.29 is 14.3 Å². The van der Waals surface area contributed by atoms with E-state index in [0.717, 1.165) is 28.9 Å². The summed E-state index contributed by atoms with van der Waals surface area (Å²) in [5.41, 5.74) is 5.05. The van der Waals surface area contributed by atoms with Crippen LogP contribution in [0.5, 0.6) is 0 Å². The van der Waals surface area contributed by atoms with Gasteiger partial charge in [-0.05, 0) is 44.0 Å². The molecule has 0 N–H and O–H groups in total. The van der Waals surface area contributed by atoms with Crippen LogP contribution in [0.3, 0.4) is 0 Å². The first kappa shape index (κ1) is 17.7. The third-order valence-corrected chi connectivity index (χ3v) is 4.33. The Hall–Kier alpha value is -3.08. The molecule has 0 fully saturated rings. The molecule has 1 aromatic heterocycles. The topological polar surface area (TPSA) is 69.2 Å². The zero-order chi connectivity index (χ0) is 18.7. The molecule has 26 heavy (non-hydrogen) atoms. The van der Waals surface area contributed by atoms with E-state index < -0.39 is 5.97 Å². The fourth-order valence-electron chi connectivity index (χ4n) is 2.58. The number of aromatic nitrogens is 2. The van der Waals surface area contributed by atoms with Gasteiger partial charge in [0.15, 0.2) is 12.4 Å². The van der Waals surface area contributed by atoms with Crippen molar-refractivity contribution >= 4 is 22.8 Å². The number of hydrogen-bond donors (Lipinski definition) is 0. The molecule has 0 spiro atoms. The van der Waals surface area contributed by atoms with Crippen molar-refractivity contribution in [2.75, 3.05) is 6.61 Å². The fourth-order valence-corrected chi connectivity index (χ4v) is 2.58. The lowest BCUT2D eigenvalue weighted by Crippen LogP contribution is -2.14. The van der Waals surface area contributed by atoms with Gasteiger partial charge < -0.3 is 4.74 Å². The Labute approximate surface area is 152 Å². The van der Waals surface area contributed by atoms with Crippen molar-refractivity contribution in [3.05, 3.63) is 70.5 Å². The summed E-state index contributed by atoms with van der Waals surface area (Å²) in [7, 11) is 0. The minimum absolute atomic E-state index is 0.229. The molecule has 0 aliphatic rings. The maximum absolute atomic E-state index is 12.3. The van der Waals surface area contributed by atoms with E-state index in [4.69, 9.17) is 4.74 Å². The average molecular weight is 348 g/mol. The standard InChI is InChI=1S/C21H20N2O3/c1-4-15-5-7-16(8-6-15)20(24)12-26-21(25)17-9-10-18-19(11-17)23-14(3)13(2)22-18/h5-11H,4,12H2,1-3H3. The van der Waals surface area contributed by atoms with Crippen LogP contribution in [-0.4, -0.2) is 28.3 Å². The molecule has 132 valence electrons. The number of ketones is 1. The van der Waals surface area contributed by atoms with Gasteiger partial charge in [-0.1, -0.05) is 31.2 Å². The van der Waals surface area contributed by atoms with Crippen LogP contribution in [0.1, 0.15) is 44.6 Å². The van der Waals surface area contributed by atoms with E-state index in [2.05, 4.69) is 16.9 Å². The van der Waals surface area contributed by atoms with Gasteiger partial charge in [-0.2, -0.15) is 0 Å². The van der Waals surface area contributed by atoms with Gasteiger partial charge in [0.1, 0.15) is 0 Å². The quantitative estimate of drug-likeness (QED) is 0.517. The third-order valence-electron chi connectivity index (χ3n) is 4.33. The predicted molar refractivity (Wildman–Crippen MR) is 99.4 cm³/mol. The van der Waals surface area contributed by atoms with Crippen molar-refractivity contribution in [3.8, 4) is 0 Å². The van der Waals surface area contributed by atoms with Crippen molar-refractivity contribution in [2.45, 2.75) is 27.2 Å². The molecule has 1 heterocycles. The monoisotopic (exact) mass is 348 g/mol. The number of esters is 1. The molecule has 0 bridgehead atoms. The second-order valence-electron chi connectivity index (χ2n) is 6.15. The van der Waals surface area contributed by atoms with E-state index in [1.807, 2.05) is 26.0 Å². The Kier molecular flexibility index (Phi) is 5.07. The Bertz CT molecular complexity index is 978. The van der Waals surface area contributed by atoms with Crippen molar-refractivity contribution in [2.24, 2.45) is 0 Å². The van der Waals surface area contributed by atoms with Gasteiger partial charge in [-0.15, -0.1) is 0 Å². The Morgan fingerprint density at radius 1 is 0.885 bits per heavy atom. The number of nitrogens with zero attached hydrogens (tertiary/aromatic N) is 2. The molecule has 5 nitrogen and oxygen atoms in total. The van der Waals surface area contributed by atoms with E-state index in [9.17, 15) is 9.59 Å². The number of benzene rings is 2. The summed E-state index contributed by atoms with van der Waals surface area (Å²) in [5, 5.41) is 0. The summed E-state index contributed by atoms with van der Waals surface area (Å²) in [5.74, 6) is -0.779. The van der Waals surface area contributed by atoms with Gasteiger partial charge in [-0.3, -0.25) is 4.79 Å². The molecule has 3 aromatic rings. The first-order valence-electron chi connectivity index (χ1n) is 8.52. The maximum Gasteiger partial charge on any atom is 0.338 e. The largest absolute Gasteiger partial charge is 0.454 e. The zero-order valence-electron chi connectivity index (χ0n) is 15.1. The van der Waals surface area contributed by atoms with Crippen LogP contribution in [0.25, 0.3) is 11.0 Å². The first-order valence-corrected chi connectivity index (χ1v) is 8.52. The van der Waals surface area contributed by atoms with Crippen LogP contribution < -0.4 is 0 Å². The lowest BCUT2D eigenvalue weighted by molar-refractivity contribution is 0.0475. The molecular formula is C21H20N2O3. The lowest BCUT2D eigenvalue weighted by atomic mass is 10.1. The highest BCUT2D eigenvalue weighted by Crippen LogP contribution is 2.15. The molecular weight excluding hydrogens is 328 g/mol. The Balaban J connectivity index is 1.70. The van der Waals surface area contributed by atoms with E-state index in [1.54, 1.807) is 30.3 Å². The van der Waals surface area contributed by atoms with Crippen molar-refractivity contribution in [1.29, 1.82) is 0 Å². The number of fused-ring (bicyclic) bond motifs is 1. The second-order valence-corrected chi connectivity index (χ2v) is 6.15. The highest BCUT2D eigenvalue weighted by Gasteiger charge is 2.13. The minimum atomic E-state index is -0.551. The number of aryl methyl sites for hydroxylation is 3. The van der Waals surface area contributed by atoms with Crippen LogP contribution in [-0.2, 0) is 11.2 Å². The molecule has 0 atom stereocenters. The molecule has 0 aliphatic carbocycles. The molecule has 0 amide bonds. The molecule has 2 aromatic carbocycles. The fraction of sp³-hybridized carbons (Fsp3) is 0.238. The summed E-state index contributed by atoms with van der Waals surface area (Å²) in [6, 6.07) is 12.3. The first-order chi connectivity index (χ1) is 12.5. The van der Waals surface area contributed by atoms with E-state index in [1.165, 1.54) is 0 Å². The molecule has 3 rings (SSSR count). The van der Waals surface area contributed by atoms with Crippen LogP contribution in [0.4, 0.5) is 0 Å². The van der Waals surface area contributed by atoms with Gasteiger partial charge in [0, 0.05) is 5.56 Å². The molecule has 0 saturated carbocycles. The third kappa shape index (κ3) is 3.77. The highest BCUT2D eigenvalue weighted by molar-refractivity contribution is 6.00. The molecule has 0 saturated heterocycles. The number of hydrogen-bond acceptors (Lipinski definition) is 5. The summed E-state index contributed by atoms with van der Waals surface area (Å²) in [6.07, 6.45) is 0.910. The van der Waals surface area contributed by atoms with Crippen molar-refractivity contribution in [1.82, 2.24) is 9.97 Å². The number of Topliss-reactive ketones (excluding diaryl/α,β-unsaturated/α-hetero) is 1. The molecule has 5 heteroatoms. The summed E-state index contributed by atoms with van der Waals surface area (Å²) in [4.78, 5) is 33.3. The zero-order valence-corrected chi connectivity index (χ0v) is 15.1. The van der Waals surface area contributed by atoms with Gasteiger partial charge in [0.25, 0.3) is 0 Å². The number of ether oxygens (including phenoxy) is 1. The maximum atomic E-state index is 12.3. The minimum Gasteiger partial charge on any atom is -0.454 e. The van der Waals surface area contributed by atoms with Crippen LogP contribution in [0.2, 0.25) is 0 Å². The number of rotatable bonds is 5. The van der Waals surface area contributed by atoms with E-state index >= 15 is 0 Å². The van der Waals surface area contributed by atoms with Crippen molar-refractivity contribution in [3.63, 3.8) is 0 Å². The predicted octanol–water partition coefficient (Wildman–Crippen LogP) is 3.85. The lowest BCUT2D eigenvalue weighted by Gasteiger charge is -2.07. The Morgan fingerprint density at radius 2 is 1.50 bits per heavy atom. The second kappa shape index (κ2) is 7.44. The summed E-state index contributed by atoms with van der Waals surface area (Å²) >= 11 is 0. The van der Waals surface area contributed by atoms with Gasteiger partial charge >= 0.3 is 5.97 Å². The number of carbonyl (C=O) groups excluding carboxylic acids is 2. The molecule has 0 radical (unpaired) electrons. The van der Waals surface area contributed by atoms with Crippen LogP contribution >= 0.6 is 0 Å².